The molecule has 1 nitrogen and oxygen atoms in total. The predicted molar refractivity (Wildman–Crippen MR) is 74.3 cm³/mol. The molecule has 0 unspecified atom stereocenters. The van der Waals surface area contributed by atoms with Crippen molar-refractivity contribution in [2.45, 2.75) is 57.3 Å². The summed E-state index contributed by atoms with van der Waals surface area (Å²) in [6.07, 6.45) is 9.02. The fraction of sp³-hybridized carbons (Fsp3) is 0.625. The van der Waals surface area contributed by atoms with E-state index in [9.17, 15) is 0 Å². The van der Waals surface area contributed by atoms with Gasteiger partial charge in [0.2, 0.25) is 0 Å². The zero-order valence-corrected chi connectivity index (χ0v) is 11.0. The minimum atomic E-state index is 0.295. The molecule has 1 aliphatic rings. The van der Waals surface area contributed by atoms with Crippen molar-refractivity contribution in [2.24, 2.45) is 5.73 Å². The smallest absolute Gasteiger partial charge is 0.00755 e. The molecule has 0 atom stereocenters. The monoisotopic (exact) mass is 231 g/mol. The summed E-state index contributed by atoms with van der Waals surface area (Å²) in [5.74, 6) is 0. The van der Waals surface area contributed by atoms with Crippen molar-refractivity contribution >= 4 is 0 Å². The van der Waals surface area contributed by atoms with Crippen LogP contribution in [0.15, 0.2) is 24.3 Å². The average Bonchev–Trinajstić information content (AvgIpc) is 2.87. The van der Waals surface area contributed by atoms with Crippen molar-refractivity contribution in [3.05, 3.63) is 35.4 Å². The maximum absolute atomic E-state index is 6.02. The molecule has 0 amide bonds. The van der Waals surface area contributed by atoms with E-state index in [0.29, 0.717) is 5.41 Å². The van der Waals surface area contributed by atoms with Crippen LogP contribution in [0.1, 0.15) is 56.6 Å². The highest BCUT2D eigenvalue weighted by atomic mass is 14.6. The van der Waals surface area contributed by atoms with Crippen LogP contribution in [0.3, 0.4) is 0 Å². The van der Waals surface area contributed by atoms with E-state index in [1.807, 2.05) is 0 Å². The fourth-order valence-electron chi connectivity index (χ4n) is 3.07. The summed E-state index contributed by atoms with van der Waals surface area (Å²) >= 11 is 0. The van der Waals surface area contributed by atoms with Crippen LogP contribution in [0.4, 0.5) is 0 Å². The normalized spacial score (nSPS) is 18.5. The minimum Gasteiger partial charge on any atom is -0.330 e. The lowest BCUT2D eigenvalue weighted by atomic mass is 9.78. The van der Waals surface area contributed by atoms with Gasteiger partial charge in [-0.1, -0.05) is 50.5 Å². The Morgan fingerprint density at radius 3 is 2.29 bits per heavy atom. The van der Waals surface area contributed by atoms with Gasteiger partial charge < -0.3 is 5.73 Å². The fourth-order valence-corrected chi connectivity index (χ4v) is 3.07. The van der Waals surface area contributed by atoms with Gasteiger partial charge in [-0.3, -0.25) is 0 Å². The number of rotatable bonds is 5. The number of benzene rings is 1. The SMILES string of the molecule is CCCCc1ccc(C2(CN)CCCC2)cc1. The highest BCUT2D eigenvalue weighted by Gasteiger charge is 2.33. The van der Waals surface area contributed by atoms with Gasteiger partial charge in [-0.15, -0.1) is 0 Å². The topological polar surface area (TPSA) is 26.0 Å². The standard InChI is InChI=1S/C16H25N/c1-2-3-6-14-7-9-15(10-8-14)16(13-17)11-4-5-12-16/h7-10H,2-6,11-13,17H2,1H3. The van der Waals surface area contributed by atoms with E-state index in [0.717, 1.165) is 6.54 Å². The van der Waals surface area contributed by atoms with Crippen molar-refractivity contribution in [3.63, 3.8) is 0 Å². The van der Waals surface area contributed by atoms with E-state index in [-0.39, 0.29) is 0 Å². The van der Waals surface area contributed by atoms with E-state index >= 15 is 0 Å². The molecule has 0 aromatic heterocycles. The summed E-state index contributed by atoms with van der Waals surface area (Å²) in [5.41, 5.74) is 9.26. The van der Waals surface area contributed by atoms with Crippen molar-refractivity contribution < 1.29 is 0 Å². The molecule has 1 heteroatoms. The summed E-state index contributed by atoms with van der Waals surface area (Å²) in [4.78, 5) is 0. The Labute approximate surface area is 105 Å². The van der Waals surface area contributed by atoms with Gasteiger partial charge in [0.1, 0.15) is 0 Å². The highest BCUT2D eigenvalue weighted by Crippen LogP contribution is 2.40. The van der Waals surface area contributed by atoms with Gasteiger partial charge in [-0.05, 0) is 36.8 Å². The third-order valence-electron chi connectivity index (χ3n) is 4.34. The van der Waals surface area contributed by atoms with Crippen LogP contribution in [-0.4, -0.2) is 6.54 Å². The van der Waals surface area contributed by atoms with Crippen LogP contribution in [-0.2, 0) is 11.8 Å². The number of aryl methyl sites for hydroxylation is 1. The van der Waals surface area contributed by atoms with E-state index in [1.165, 1.54) is 56.1 Å². The van der Waals surface area contributed by atoms with Crippen LogP contribution in [0.25, 0.3) is 0 Å². The van der Waals surface area contributed by atoms with Crippen LogP contribution in [0.5, 0.6) is 0 Å². The average molecular weight is 231 g/mol. The molecule has 0 saturated heterocycles. The first-order chi connectivity index (χ1) is 8.30. The Morgan fingerprint density at radius 2 is 1.76 bits per heavy atom. The largest absolute Gasteiger partial charge is 0.330 e. The molecule has 1 saturated carbocycles. The molecule has 2 rings (SSSR count). The lowest BCUT2D eigenvalue weighted by molar-refractivity contribution is 0.453. The molecule has 1 aromatic carbocycles. The zero-order chi connectivity index (χ0) is 12.1. The minimum absolute atomic E-state index is 0.295. The lowest BCUT2D eigenvalue weighted by Crippen LogP contribution is -2.31. The molecule has 2 N–H and O–H groups in total. The van der Waals surface area contributed by atoms with E-state index in [2.05, 4.69) is 31.2 Å². The Hall–Kier alpha value is -0.820. The molecule has 0 radical (unpaired) electrons. The first-order valence-electron chi connectivity index (χ1n) is 7.10. The molecule has 0 heterocycles. The molecule has 1 aromatic rings. The van der Waals surface area contributed by atoms with Crippen LogP contribution < -0.4 is 5.73 Å². The summed E-state index contributed by atoms with van der Waals surface area (Å²) in [5, 5.41) is 0. The number of nitrogens with two attached hydrogens (primary N) is 1. The molecule has 0 bridgehead atoms. The van der Waals surface area contributed by atoms with Gasteiger partial charge in [-0.25, -0.2) is 0 Å². The Bertz CT molecular complexity index is 333. The van der Waals surface area contributed by atoms with Crippen LogP contribution in [0, 0.1) is 0 Å². The number of hydrogen-bond donors (Lipinski definition) is 1. The maximum atomic E-state index is 6.02. The van der Waals surface area contributed by atoms with E-state index in [1.54, 1.807) is 0 Å². The zero-order valence-electron chi connectivity index (χ0n) is 11.0. The van der Waals surface area contributed by atoms with Crippen LogP contribution in [0.2, 0.25) is 0 Å². The third kappa shape index (κ3) is 2.71. The summed E-state index contributed by atoms with van der Waals surface area (Å²) in [6.45, 7) is 3.05. The molecule has 94 valence electrons. The molecule has 1 fully saturated rings. The van der Waals surface area contributed by atoms with Crippen molar-refractivity contribution in [1.29, 1.82) is 0 Å². The van der Waals surface area contributed by atoms with Gasteiger partial charge in [0.25, 0.3) is 0 Å². The maximum Gasteiger partial charge on any atom is 0.00755 e. The highest BCUT2D eigenvalue weighted by molar-refractivity contribution is 5.30. The summed E-state index contributed by atoms with van der Waals surface area (Å²) in [6, 6.07) is 9.26. The molecular weight excluding hydrogens is 206 g/mol. The second kappa shape index (κ2) is 5.68. The van der Waals surface area contributed by atoms with E-state index < -0.39 is 0 Å². The van der Waals surface area contributed by atoms with Gasteiger partial charge in [0, 0.05) is 12.0 Å². The lowest BCUT2D eigenvalue weighted by Gasteiger charge is -2.28. The second-order valence-electron chi connectivity index (χ2n) is 5.49. The molecule has 1 aliphatic carbocycles. The Balaban J connectivity index is 2.11. The molecular formula is C16H25N. The van der Waals surface area contributed by atoms with Crippen molar-refractivity contribution in [3.8, 4) is 0 Å². The molecule has 17 heavy (non-hydrogen) atoms. The second-order valence-corrected chi connectivity index (χ2v) is 5.49. The summed E-state index contributed by atoms with van der Waals surface area (Å²) < 4.78 is 0. The van der Waals surface area contributed by atoms with Crippen molar-refractivity contribution in [1.82, 2.24) is 0 Å². The Morgan fingerprint density at radius 1 is 1.12 bits per heavy atom. The molecule has 0 spiro atoms. The number of unbranched alkanes of at least 4 members (excludes halogenated alkanes) is 1. The third-order valence-corrected chi connectivity index (χ3v) is 4.34. The molecule has 0 aliphatic heterocycles. The summed E-state index contributed by atoms with van der Waals surface area (Å²) in [7, 11) is 0. The van der Waals surface area contributed by atoms with Gasteiger partial charge in [0.05, 0.1) is 0 Å². The Kier molecular flexibility index (Phi) is 4.22. The first-order valence-corrected chi connectivity index (χ1v) is 7.10. The number of hydrogen-bond acceptors (Lipinski definition) is 1. The van der Waals surface area contributed by atoms with Gasteiger partial charge in [0.15, 0.2) is 0 Å². The van der Waals surface area contributed by atoms with Crippen molar-refractivity contribution in [2.75, 3.05) is 6.54 Å². The quantitative estimate of drug-likeness (QED) is 0.819. The van der Waals surface area contributed by atoms with Crippen LogP contribution >= 0.6 is 0 Å². The predicted octanol–water partition coefficient (Wildman–Crippen LogP) is 3.80. The van der Waals surface area contributed by atoms with Gasteiger partial charge >= 0.3 is 0 Å². The van der Waals surface area contributed by atoms with Gasteiger partial charge in [-0.2, -0.15) is 0 Å². The van der Waals surface area contributed by atoms with E-state index in [4.69, 9.17) is 5.73 Å². The first kappa shape index (κ1) is 12.6.